The second kappa shape index (κ2) is 9.16. The van der Waals surface area contributed by atoms with Gasteiger partial charge in [-0.25, -0.2) is 0 Å². The van der Waals surface area contributed by atoms with E-state index < -0.39 is 6.04 Å². The lowest BCUT2D eigenvalue weighted by Gasteiger charge is -2.22. The summed E-state index contributed by atoms with van der Waals surface area (Å²) in [5, 5.41) is 5.28. The van der Waals surface area contributed by atoms with Crippen molar-refractivity contribution in [2.24, 2.45) is 0 Å². The lowest BCUT2D eigenvalue weighted by Crippen LogP contribution is -2.37. The minimum absolute atomic E-state index is 0.0444. The number of thiocarbonyl (C=S) groups is 1. The molecule has 2 heterocycles. The first-order chi connectivity index (χ1) is 13.5. The Bertz CT molecular complexity index is 837. The average Bonchev–Trinajstić information content (AvgIpc) is 3.27. The molecule has 0 bridgehead atoms. The molecule has 0 aliphatic carbocycles. The van der Waals surface area contributed by atoms with Gasteiger partial charge < -0.3 is 15.0 Å². The number of likely N-dealkylation sites (N-methyl/N-ethyl adjacent to an activating group) is 1. The van der Waals surface area contributed by atoms with Gasteiger partial charge in [-0.1, -0.05) is 13.0 Å². The number of nitrogens with one attached hydrogen (secondary N) is 1. The number of rotatable bonds is 8. The molecular weight excluding hydrogens is 394 g/mol. The van der Waals surface area contributed by atoms with Gasteiger partial charge in [0.2, 0.25) is 5.91 Å². The second-order valence-corrected chi connectivity index (χ2v) is 7.93. The largest absolute Gasteiger partial charge is 0.494 e. The zero-order valence-corrected chi connectivity index (χ0v) is 17.5. The van der Waals surface area contributed by atoms with Gasteiger partial charge in [0.25, 0.3) is 5.91 Å². The van der Waals surface area contributed by atoms with Crippen LogP contribution in [0.15, 0.2) is 41.8 Å². The Labute approximate surface area is 174 Å². The van der Waals surface area contributed by atoms with Crippen molar-refractivity contribution in [1.29, 1.82) is 0 Å². The molecule has 28 heavy (non-hydrogen) atoms. The van der Waals surface area contributed by atoms with Crippen molar-refractivity contribution in [3.8, 4) is 5.75 Å². The monoisotopic (exact) mass is 417 g/mol. The fraction of sp³-hybridized carbons (Fsp3) is 0.350. The molecular formula is C20H23N3O3S2. The van der Waals surface area contributed by atoms with E-state index in [-0.39, 0.29) is 18.2 Å². The molecule has 148 valence electrons. The summed E-state index contributed by atoms with van der Waals surface area (Å²) in [6.45, 7) is 3.22. The smallest absolute Gasteiger partial charge is 0.251 e. The van der Waals surface area contributed by atoms with Gasteiger partial charge in [0.15, 0.2) is 5.11 Å². The molecule has 1 N–H and O–H groups in total. The summed E-state index contributed by atoms with van der Waals surface area (Å²) in [5.74, 6) is 0.384. The normalized spacial score (nSPS) is 16.6. The van der Waals surface area contributed by atoms with E-state index in [9.17, 15) is 9.59 Å². The predicted molar refractivity (Wildman–Crippen MR) is 114 cm³/mol. The maximum absolute atomic E-state index is 12.6. The number of hydrogen-bond donors (Lipinski definition) is 1. The molecule has 0 spiro atoms. The van der Waals surface area contributed by atoms with Gasteiger partial charge in [-0.2, -0.15) is 0 Å². The van der Waals surface area contributed by atoms with E-state index in [1.165, 1.54) is 4.90 Å². The number of thiophene rings is 1. The summed E-state index contributed by atoms with van der Waals surface area (Å²) in [6.07, 6.45) is 0.981. The van der Waals surface area contributed by atoms with Gasteiger partial charge in [0, 0.05) is 17.6 Å². The van der Waals surface area contributed by atoms with Crippen LogP contribution < -0.4 is 10.1 Å². The number of anilines is 1. The SMILES string of the molecule is CCCOc1ccc(NC(=O)C[C@@H]2C(=O)N(C)C(=S)N2Cc2cccs2)cc1. The Morgan fingerprint density at radius 3 is 2.68 bits per heavy atom. The van der Waals surface area contributed by atoms with E-state index in [1.54, 1.807) is 30.5 Å². The van der Waals surface area contributed by atoms with Crippen LogP contribution in [0.3, 0.4) is 0 Å². The molecule has 1 aliphatic rings. The molecule has 1 aromatic carbocycles. The first kappa shape index (κ1) is 20.3. The van der Waals surface area contributed by atoms with Gasteiger partial charge >= 0.3 is 0 Å². The summed E-state index contributed by atoms with van der Waals surface area (Å²) in [5.41, 5.74) is 0.667. The lowest BCUT2D eigenvalue weighted by atomic mass is 10.1. The molecule has 8 heteroatoms. The van der Waals surface area contributed by atoms with Crippen LogP contribution in [-0.4, -0.2) is 46.4 Å². The van der Waals surface area contributed by atoms with Crippen molar-refractivity contribution in [2.45, 2.75) is 32.4 Å². The fourth-order valence-corrected chi connectivity index (χ4v) is 3.95. The van der Waals surface area contributed by atoms with Gasteiger partial charge in [-0.3, -0.25) is 14.5 Å². The topological polar surface area (TPSA) is 61.9 Å². The number of ether oxygens (including phenoxy) is 1. The molecule has 0 saturated carbocycles. The zero-order valence-electron chi connectivity index (χ0n) is 15.9. The van der Waals surface area contributed by atoms with Crippen LogP contribution in [-0.2, 0) is 16.1 Å². The Morgan fingerprint density at radius 2 is 2.04 bits per heavy atom. The van der Waals surface area contributed by atoms with Crippen molar-refractivity contribution in [3.63, 3.8) is 0 Å². The number of hydrogen-bond acceptors (Lipinski definition) is 5. The minimum Gasteiger partial charge on any atom is -0.494 e. The predicted octanol–water partition coefficient (Wildman–Crippen LogP) is 3.49. The highest BCUT2D eigenvalue weighted by Crippen LogP contribution is 2.24. The third kappa shape index (κ3) is 4.69. The van der Waals surface area contributed by atoms with Crippen LogP contribution >= 0.6 is 23.6 Å². The summed E-state index contributed by atoms with van der Waals surface area (Å²) in [7, 11) is 1.65. The third-order valence-corrected chi connectivity index (χ3v) is 5.79. The molecule has 1 aromatic heterocycles. The van der Waals surface area contributed by atoms with Gasteiger partial charge in [-0.05, 0) is 54.4 Å². The Morgan fingerprint density at radius 1 is 1.29 bits per heavy atom. The Hall–Kier alpha value is -2.45. The fourth-order valence-electron chi connectivity index (χ4n) is 2.96. The van der Waals surface area contributed by atoms with Crippen LogP contribution in [0.5, 0.6) is 5.75 Å². The highest BCUT2D eigenvalue weighted by Gasteiger charge is 2.41. The summed E-state index contributed by atoms with van der Waals surface area (Å²) in [4.78, 5) is 29.5. The summed E-state index contributed by atoms with van der Waals surface area (Å²) >= 11 is 7.01. The average molecular weight is 418 g/mol. The summed E-state index contributed by atoms with van der Waals surface area (Å²) in [6, 6.07) is 10.6. The molecule has 1 saturated heterocycles. The minimum atomic E-state index is -0.591. The molecule has 1 fully saturated rings. The lowest BCUT2D eigenvalue weighted by molar-refractivity contribution is -0.130. The van der Waals surface area contributed by atoms with Crippen LogP contribution in [0.25, 0.3) is 0 Å². The van der Waals surface area contributed by atoms with Crippen molar-refractivity contribution in [3.05, 3.63) is 46.7 Å². The quantitative estimate of drug-likeness (QED) is 0.666. The van der Waals surface area contributed by atoms with Gasteiger partial charge in [0.1, 0.15) is 11.8 Å². The highest BCUT2D eigenvalue weighted by molar-refractivity contribution is 7.80. The van der Waals surface area contributed by atoms with Crippen LogP contribution in [0, 0.1) is 0 Å². The van der Waals surface area contributed by atoms with E-state index in [0.29, 0.717) is 24.0 Å². The van der Waals surface area contributed by atoms with E-state index in [0.717, 1.165) is 17.0 Å². The van der Waals surface area contributed by atoms with Crippen LogP contribution in [0.4, 0.5) is 5.69 Å². The van der Waals surface area contributed by atoms with Crippen LogP contribution in [0.1, 0.15) is 24.6 Å². The molecule has 3 rings (SSSR count). The van der Waals surface area contributed by atoms with Crippen molar-refractivity contribution < 1.29 is 14.3 Å². The van der Waals surface area contributed by atoms with E-state index in [4.69, 9.17) is 17.0 Å². The molecule has 0 unspecified atom stereocenters. The molecule has 2 aromatic rings. The molecule has 2 amide bonds. The zero-order chi connectivity index (χ0) is 20.1. The number of nitrogens with zero attached hydrogens (tertiary/aromatic N) is 2. The maximum atomic E-state index is 12.6. The second-order valence-electron chi connectivity index (χ2n) is 6.53. The maximum Gasteiger partial charge on any atom is 0.251 e. The van der Waals surface area contributed by atoms with Crippen molar-refractivity contribution >= 4 is 46.2 Å². The number of carbonyl (C=O) groups excluding carboxylic acids is 2. The van der Waals surface area contributed by atoms with Crippen LogP contribution in [0.2, 0.25) is 0 Å². The first-order valence-corrected chi connectivity index (χ1v) is 10.4. The standard InChI is InChI=1S/C20H23N3O3S2/c1-3-10-26-15-8-6-14(7-9-15)21-18(24)12-17-19(25)22(2)20(27)23(17)13-16-5-4-11-28-16/h4-9,11,17H,3,10,12-13H2,1-2H3,(H,21,24)/t17-/m1/s1. The third-order valence-electron chi connectivity index (χ3n) is 4.42. The van der Waals surface area contributed by atoms with Gasteiger partial charge in [0.05, 0.1) is 19.6 Å². The number of carbonyl (C=O) groups is 2. The van der Waals surface area contributed by atoms with Gasteiger partial charge in [-0.15, -0.1) is 11.3 Å². The summed E-state index contributed by atoms with van der Waals surface area (Å²) < 4.78 is 5.54. The number of amides is 2. The van der Waals surface area contributed by atoms with Crippen molar-refractivity contribution in [2.75, 3.05) is 19.0 Å². The van der Waals surface area contributed by atoms with Crippen molar-refractivity contribution in [1.82, 2.24) is 9.80 Å². The molecule has 1 atom stereocenters. The molecule has 6 nitrogen and oxygen atoms in total. The van der Waals surface area contributed by atoms with E-state index >= 15 is 0 Å². The van der Waals surface area contributed by atoms with E-state index in [1.807, 2.05) is 41.5 Å². The first-order valence-electron chi connectivity index (χ1n) is 9.13. The Kier molecular flexibility index (Phi) is 6.64. The molecule has 1 aliphatic heterocycles. The van der Waals surface area contributed by atoms with E-state index in [2.05, 4.69) is 5.32 Å². The number of benzene rings is 1. The highest BCUT2D eigenvalue weighted by atomic mass is 32.1. The Balaban J connectivity index is 1.63. The molecule has 0 radical (unpaired) electrons.